The second kappa shape index (κ2) is 6.30. The number of hydrogen-bond donors (Lipinski definition) is 2. The van der Waals surface area contributed by atoms with Crippen LogP contribution in [0.3, 0.4) is 0 Å². The highest BCUT2D eigenvalue weighted by molar-refractivity contribution is 5.36. The predicted molar refractivity (Wildman–Crippen MR) is 68.2 cm³/mol. The van der Waals surface area contributed by atoms with E-state index in [-0.39, 0.29) is 11.8 Å². The van der Waals surface area contributed by atoms with Gasteiger partial charge in [-0.15, -0.1) is 0 Å². The lowest BCUT2D eigenvalue weighted by Crippen LogP contribution is -2.41. The molecular weight excluding hydrogens is 252 g/mol. The lowest BCUT2D eigenvalue weighted by atomic mass is 9.88. The summed E-state index contributed by atoms with van der Waals surface area (Å²) in [6, 6.07) is 6.29. The van der Waals surface area contributed by atoms with E-state index in [2.05, 4.69) is 17.0 Å². The highest BCUT2D eigenvalue weighted by Crippen LogP contribution is 2.32. The first kappa shape index (κ1) is 14.2. The molecule has 3 unspecified atom stereocenters. The van der Waals surface area contributed by atoms with Crippen LogP contribution in [0.25, 0.3) is 0 Å². The van der Waals surface area contributed by atoms with Crippen molar-refractivity contribution in [3.8, 4) is 5.75 Å². The molecule has 106 valence electrons. The van der Waals surface area contributed by atoms with Gasteiger partial charge in [0, 0.05) is 11.6 Å². The maximum Gasteiger partial charge on any atom is 0.387 e. The fraction of sp³-hybridized carbons (Fsp3) is 0.571. The van der Waals surface area contributed by atoms with Gasteiger partial charge in [-0.05, 0) is 31.4 Å². The van der Waals surface area contributed by atoms with Gasteiger partial charge in [0.2, 0.25) is 0 Å². The molecule has 1 aromatic rings. The average molecular weight is 271 g/mol. The van der Waals surface area contributed by atoms with E-state index < -0.39 is 12.7 Å². The Kier molecular flexibility index (Phi) is 4.71. The first-order valence-corrected chi connectivity index (χ1v) is 6.53. The van der Waals surface area contributed by atoms with Crippen LogP contribution in [0.5, 0.6) is 5.75 Å². The third-order valence-corrected chi connectivity index (χ3v) is 3.53. The lowest BCUT2D eigenvalue weighted by molar-refractivity contribution is -0.0521. The Balaban J connectivity index is 2.15. The largest absolute Gasteiger partial charge is 0.434 e. The number of hydrogen-bond acceptors (Lipinski definition) is 3. The molecule has 0 spiro atoms. The molecule has 1 aliphatic rings. The second-order valence-corrected chi connectivity index (χ2v) is 5.05. The fourth-order valence-corrected chi connectivity index (χ4v) is 2.54. The van der Waals surface area contributed by atoms with E-state index in [1.54, 1.807) is 18.2 Å². The molecule has 5 heteroatoms. The van der Waals surface area contributed by atoms with Gasteiger partial charge in [-0.2, -0.15) is 8.78 Å². The van der Waals surface area contributed by atoms with Crippen molar-refractivity contribution in [2.75, 3.05) is 6.54 Å². The monoisotopic (exact) mass is 271 g/mol. The van der Waals surface area contributed by atoms with Gasteiger partial charge in [0.1, 0.15) is 5.75 Å². The molecule has 3 nitrogen and oxygen atoms in total. The van der Waals surface area contributed by atoms with Crippen LogP contribution in [0.15, 0.2) is 24.3 Å². The van der Waals surface area contributed by atoms with Gasteiger partial charge in [-0.1, -0.05) is 25.1 Å². The molecule has 1 saturated heterocycles. The minimum atomic E-state index is -2.88. The number of benzene rings is 1. The van der Waals surface area contributed by atoms with E-state index >= 15 is 0 Å². The van der Waals surface area contributed by atoms with Gasteiger partial charge < -0.3 is 15.2 Å². The quantitative estimate of drug-likeness (QED) is 0.884. The Morgan fingerprint density at radius 2 is 2.11 bits per heavy atom. The summed E-state index contributed by atoms with van der Waals surface area (Å²) in [7, 11) is 0. The average Bonchev–Trinajstić information content (AvgIpc) is 2.38. The van der Waals surface area contributed by atoms with Crippen LogP contribution >= 0.6 is 0 Å². The number of alkyl halides is 2. The van der Waals surface area contributed by atoms with E-state index in [0.29, 0.717) is 11.5 Å². The molecule has 0 bridgehead atoms. The summed E-state index contributed by atoms with van der Waals surface area (Å²) in [6.07, 6.45) is 1.06. The van der Waals surface area contributed by atoms with Crippen LogP contribution in [0.4, 0.5) is 8.78 Å². The molecule has 0 aromatic heterocycles. The number of nitrogens with one attached hydrogen (secondary N) is 1. The van der Waals surface area contributed by atoms with Crippen molar-refractivity contribution in [3.63, 3.8) is 0 Å². The molecule has 19 heavy (non-hydrogen) atoms. The SMILES string of the molecule is CC1CCNC(C(O)c2ccccc2OC(F)F)C1. The Morgan fingerprint density at radius 3 is 2.79 bits per heavy atom. The molecule has 2 rings (SSSR count). The number of aliphatic hydroxyl groups excluding tert-OH is 1. The van der Waals surface area contributed by atoms with Crippen molar-refractivity contribution in [2.45, 2.75) is 38.5 Å². The molecule has 0 radical (unpaired) electrons. The van der Waals surface area contributed by atoms with Crippen molar-refractivity contribution < 1.29 is 18.6 Å². The van der Waals surface area contributed by atoms with Gasteiger partial charge in [0.05, 0.1) is 6.10 Å². The first-order valence-electron chi connectivity index (χ1n) is 6.53. The zero-order valence-corrected chi connectivity index (χ0v) is 10.9. The maximum absolute atomic E-state index is 12.3. The summed E-state index contributed by atoms with van der Waals surface area (Å²) in [5.41, 5.74) is 0.411. The normalized spacial score (nSPS) is 25.3. The standard InChI is InChI=1S/C14H19F2NO2/c1-9-6-7-17-11(8-9)13(18)10-4-2-3-5-12(10)19-14(15)16/h2-5,9,11,13-14,17-18H,6-8H2,1H3. The molecule has 0 saturated carbocycles. The van der Waals surface area contributed by atoms with Gasteiger partial charge in [-0.25, -0.2) is 0 Å². The van der Waals surface area contributed by atoms with Gasteiger partial charge >= 0.3 is 6.61 Å². The van der Waals surface area contributed by atoms with Crippen molar-refractivity contribution in [1.82, 2.24) is 5.32 Å². The number of piperidine rings is 1. The minimum Gasteiger partial charge on any atom is -0.434 e. The molecule has 2 N–H and O–H groups in total. The highest BCUT2D eigenvalue weighted by atomic mass is 19.3. The van der Waals surface area contributed by atoms with Gasteiger partial charge in [0.15, 0.2) is 0 Å². The van der Waals surface area contributed by atoms with Crippen molar-refractivity contribution in [2.24, 2.45) is 5.92 Å². The number of aliphatic hydroxyl groups is 1. The van der Waals surface area contributed by atoms with Crippen LogP contribution in [-0.4, -0.2) is 24.3 Å². The molecule has 1 aliphatic heterocycles. The maximum atomic E-state index is 12.3. The fourth-order valence-electron chi connectivity index (χ4n) is 2.54. The van der Waals surface area contributed by atoms with Crippen LogP contribution in [0.2, 0.25) is 0 Å². The molecule has 0 aliphatic carbocycles. The summed E-state index contributed by atoms with van der Waals surface area (Å²) in [4.78, 5) is 0. The molecule has 1 heterocycles. The van der Waals surface area contributed by atoms with E-state index in [9.17, 15) is 13.9 Å². The van der Waals surface area contributed by atoms with Gasteiger partial charge in [-0.3, -0.25) is 0 Å². The Hall–Kier alpha value is -1.20. The van der Waals surface area contributed by atoms with Crippen LogP contribution in [0.1, 0.15) is 31.4 Å². The molecular formula is C14H19F2NO2. The molecule has 1 fully saturated rings. The van der Waals surface area contributed by atoms with Crippen molar-refractivity contribution in [1.29, 1.82) is 0 Å². The second-order valence-electron chi connectivity index (χ2n) is 5.05. The summed E-state index contributed by atoms with van der Waals surface area (Å²) < 4.78 is 29.2. The van der Waals surface area contributed by atoms with Crippen LogP contribution in [0, 0.1) is 5.92 Å². The lowest BCUT2D eigenvalue weighted by Gasteiger charge is -2.32. The number of halogens is 2. The molecule has 1 aromatic carbocycles. The van der Waals surface area contributed by atoms with Gasteiger partial charge in [0.25, 0.3) is 0 Å². The number of para-hydroxylation sites is 1. The highest BCUT2D eigenvalue weighted by Gasteiger charge is 2.28. The summed E-state index contributed by atoms with van der Waals surface area (Å²) >= 11 is 0. The predicted octanol–water partition coefficient (Wildman–Crippen LogP) is 2.71. The van der Waals surface area contributed by atoms with E-state index in [4.69, 9.17) is 0 Å². The van der Waals surface area contributed by atoms with Crippen LogP contribution in [-0.2, 0) is 0 Å². The Morgan fingerprint density at radius 1 is 1.37 bits per heavy atom. The third-order valence-electron chi connectivity index (χ3n) is 3.53. The van der Waals surface area contributed by atoms with E-state index in [1.807, 2.05) is 0 Å². The van der Waals surface area contributed by atoms with Crippen molar-refractivity contribution >= 4 is 0 Å². The Labute approximate surface area is 111 Å². The number of ether oxygens (including phenoxy) is 1. The zero-order valence-electron chi connectivity index (χ0n) is 10.9. The van der Waals surface area contributed by atoms with E-state index in [1.165, 1.54) is 6.07 Å². The zero-order chi connectivity index (χ0) is 13.8. The number of rotatable bonds is 4. The smallest absolute Gasteiger partial charge is 0.387 e. The van der Waals surface area contributed by atoms with Crippen LogP contribution < -0.4 is 10.1 Å². The Bertz CT molecular complexity index is 414. The molecule has 0 amide bonds. The summed E-state index contributed by atoms with van der Waals surface area (Å²) in [6.45, 7) is 0.0784. The van der Waals surface area contributed by atoms with Crippen molar-refractivity contribution in [3.05, 3.63) is 29.8 Å². The summed E-state index contributed by atoms with van der Waals surface area (Å²) in [5, 5.41) is 13.6. The summed E-state index contributed by atoms with van der Waals surface area (Å²) in [5.74, 6) is 0.564. The third kappa shape index (κ3) is 3.64. The van der Waals surface area contributed by atoms with E-state index in [0.717, 1.165) is 19.4 Å². The topological polar surface area (TPSA) is 41.5 Å². The first-order chi connectivity index (χ1) is 9.08. The minimum absolute atomic E-state index is 0.0463. The molecule has 3 atom stereocenters.